The van der Waals surface area contributed by atoms with Crippen LogP contribution in [0, 0.1) is 5.92 Å². The molecule has 0 unspecified atom stereocenters. The van der Waals surface area contributed by atoms with Crippen LogP contribution in [0.15, 0.2) is 24.3 Å². The normalized spacial score (nSPS) is 17.3. The van der Waals surface area contributed by atoms with Gasteiger partial charge in [0.15, 0.2) is 0 Å². The van der Waals surface area contributed by atoms with Crippen LogP contribution in [-0.2, 0) is 9.59 Å². The van der Waals surface area contributed by atoms with Crippen LogP contribution >= 0.6 is 0 Å². The number of carbonyl (C=O) groups is 2. The Labute approximate surface area is 169 Å². The first-order valence-electron chi connectivity index (χ1n) is 11.1. The summed E-state index contributed by atoms with van der Waals surface area (Å²) >= 11 is 0. The van der Waals surface area contributed by atoms with E-state index in [1.54, 1.807) is 0 Å². The maximum Gasteiger partial charge on any atom is 0.227 e. The highest BCUT2D eigenvalue weighted by Crippen LogP contribution is 2.28. The number of amides is 2. The van der Waals surface area contributed by atoms with Crippen molar-refractivity contribution in [2.24, 2.45) is 5.92 Å². The zero-order valence-electron chi connectivity index (χ0n) is 17.3. The van der Waals surface area contributed by atoms with Gasteiger partial charge in [0.25, 0.3) is 0 Å². The monoisotopic (exact) mass is 385 g/mol. The van der Waals surface area contributed by atoms with Crippen molar-refractivity contribution in [2.45, 2.75) is 64.7 Å². The summed E-state index contributed by atoms with van der Waals surface area (Å²) in [6.07, 6.45) is 9.85. The number of carbonyl (C=O) groups excluding carboxylic acids is 2. The number of nitrogens with zero attached hydrogens (tertiary/aromatic N) is 2. The largest absolute Gasteiger partial charge is 0.368 e. The fraction of sp³-hybridized carbons (Fsp3) is 0.652. The van der Waals surface area contributed by atoms with Gasteiger partial charge in [-0.2, -0.15) is 0 Å². The standard InChI is InChI=1S/C23H35N3O2/c1-2-3-4-5-6-10-22(27)26-17-15-25(16-18-26)21-13-11-20(12-14-21)24-23(28)19-8-7-9-19/h11-14,19H,2-10,15-18H2,1H3,(H,24,28). The van der Waals surface area contributed by atoms with Gasteiger partial charge in [0.2, 0.25) is 11.8 Å². The molecule has 154 valence electrons. The minimum atomic E-state index is 0.154. The van der Waals surface area contributed by atoms with Crippen LogP contribution in [0.25, 0.3) is 0 Å². The van der Waals surface area contributed by atoms with Gasteiger partial charge in [0.1, 0.15) is 0 Å². The molecule has 1 heterocycles. The van der Waals surface area contributed by atoms with Crippen LogP contribution in [0.3, 0.4) is 0 Å². The molecule has 5 nitrogen and oxygen atoms in total. The zero-order chi connectivity index (χ0) is 19.8. The van der Waals surface area contributed by atoms with Gasteiger partial charge in [-0.3, -0.25) is 9.59 Å². The number of nitrogens with one attached hydrogen (secondary N) is 1. The van der Waals surface area contributed by atoms with Crippen molar-refractivity contribution in [1.82, 2.24) is 4.90 Å². The number of unbranched alkanes of at least 4 members (excludes halogenated alkanes) is 4. The number of rotatable bonds is 9. The number of benzene rings is 1. The third kappa shape index (κ3) is 5.73. The van der Waals surface area contributed by atoms with E-state index < -0.39 is 0 Å². The molecule has 0 atom stereocenters. The van der Waals surface area contributed by atoms with Gasteiger partial charge in [-0.05, 0) is 43.5 Å². The lowest BCUT2D eigenvalue weighted by atomic mass is 9.85. The quantitative estimate of drug-likeness (QED) is 0.640. The molecule has 0 radical (unpaired) electrons. The van der Waals surface area contributed by atoms with E-state index >= 15 is 0 Å². The Kier molecular flexibility index (Phi) is 7.75. The number of anilines is 2. The van der Waals surface area contributed by atoms with Crippen molar-refractivity contribution in [1.29, 1.82) is 0 Å². The van der Waals surface area contributed by atoms with Gasteiger partial charge in [0.05, 0.1) is 0 Å². The van der Waals surface area contributed by atoms with Crippen LogP contribution in [0.5, 0.6) is 0 Å². The molecule has 1 aromatic rings. The number of hydrogen-bond acceptors (Lipinski definition) is 3. The maximum absolute atomic E-state index is 12.4. The molecule has 1 saturated heterocycles. The average molecular weight is 386 g/mol. The molecular formula is C23H35N3O2. The molecule has 1 aliphatic carbocycles. The average Bonchev–Trinajstić information content (AvgIpc) is 2.67. The minimum absolute atomic E-state index is 0.154. The molecular weight excluding hydrogens is 350 g/mol. The van der Waals surface area contributed by atoms with Crippen molar-refractivity contribution in [2.75, 3.05) is 36.4 Å². The predicted octanol–water partition coefficient (Wildman–Crippen LogP) is 4.43. The summed E-state index contributed by atoms with van der Waals surface area (Å²) in [5, 5.41) is 3.02. The van der Waals surface area contributed by atoms with Crippen LogP contribution < -0.4 is 10.2 Å². The Morgan fingerprint density at radius 3 is 2.25 bits per heavy atom. The highest BCUT2D eigenvalue weighted by atomic mass is 16.2. The third-order valence-corrected chi connectivity index (χ3v) is 6.10. The first-order valence-corrected chi connectivity index (χ1v) is 11.1. The number of hydrogen-bond donors (Lipinski definition) is 1. The summed E-state index contributed by atoms with van der Waals surface area (Å²) in [4.78, 5) is 28.8. The molecule has 3 rings (SSSR count). The smallest absolute Gasteiger partial charge is 0.227 e. The minimum Gasteiger partial charge on any atom is -0.368 e. The molecule has 5 heteroatoms. The van der Waals surface area contributed by atoms with Crippen molar-refractivity contribution in [3.8, 4) is 0 Å². The second-order valence-electron chi connectivity index (χ2n) is 8.20. The maximum atomic E-state index is 12.4. The highest BCUT2D eigenvalue weighted by molar-refractivity contribution is 5.93. The Hall–Kier alpha value is -2.04. The van der Waals surface area contributed by atoms with Gasteiger partial charge < -0.3 is 15.1 Å². The van der Waals surface area contributed by atoms with Gasteiger partial charge in [-0.15, -0.1) is 0 Å². The molecule has 2 aliphatic rings. The van der Waals surface area contributed by atoms with E-state index in [9.17, 15) is 9.59 Å². The van der Waals surface area contributed by atoms with Crippen LogP contribution in [0.2, 0.25) is 0 Å². The van der Waals surface area contributed by atoms with Gasteiger partial charge in [0, 0.05) is 49.9 Å². The summed E-state index contributed by atoms with van der Waals surface area (Å²) in [6.45, 7) is 5.55. The van der Waals surface area contributed by atoms with E-state index in [2.05, 4.69) is 29.3 Å². The second kappa shape index (κ2) is 10.5. The topological polar surface area (TPSA) is 52.7 Å². The number of piperazine rings is 1. The molecule has 2 amide bonds. The highest BCUT2D eigenvalue weighted by Gasteiger charge is 2.25. The molecule has 1 N–H and O–H groups in total. The van der Waals surface area contributed by atoms with Gasteiger partial charge in [-0.25, -0.2) is 0 Å². The lowest BCUT2D eigenvalue weighted by Crippen LogP contribution is -2.48. The predicted molar refractivity (Wildman–Crippen MR) is 115 cm³/mol. The van der Waals surface area contributed by atoms with Crippen molar-refractivity contribution < 1.29 is 9.59 Å². The van der Waals surface area contributed by atoms with E-state index in [4.69, 9.17) is 0 Å². The fourth-order valence-corrected chi connectivity index (χ4v) is 3.92. The molecule has 1 aromatic carbocycles. The molecule has 0 aromatic heterocycles. The van der Waals surface area contributed by atoms with Crippen molar-refractivity contribution in [3.63, 3.8) is 0 Å². The molecule has 1 aliphatic heterocycles. The summed E-state index contributed by atoms with van der Waals surface area (Å²) in [6, 6.07) is 8.11. The van der Waals surface area contributed by atoms with Gasteiger partial charge in [-0.1, -0.05) is 39.0 Å². The SMILES string of the molecule is CCCCCCCC(=O)N1CCN(c2ccc(NC(=O)C3CCC3)cc2)CC1. The second-order valence-corrected chi connectivity index (χ2v) is 8.20. The Bertz CT molecular complexity index is 632. The first-order chi connectivity index (χ1) is 13.7. The summed E-state index contributed by atoms with van der Waals surface area (Å²) in [5.74, 6) is 0.669. The molecule has 0 bridgehead atoms. The van der Waals surface area contributed by atoms with E-state index in [-0.39, 0.29) is 11.8 Å². The fourth-order valence-electron chi connectivity index (χ4n) is 3.92. The van der Waals surface area contributed by atoms with Crippen molar-refractivity contribution in [3.05, 3.63) is 24.3 Å². The first kappa shape index (κ1) is 20.7. The Balaban J connectivity index is 1.39. The molecule has 0 spiro atoms. The Morgan fingerprint density at radius 2 is 1.64 bits per heavy atom. The van der Waals surface area contributed by atoms with Crippen LogP contribution in [0.4, 0.5) is 11.4 Å². The van der Waals surface area contributed by atoms with E-state index in [0.29, 0.717) is 12.3 Å². The third-order valence-electron chi connectivity index (χ3n) is 6.10. The molecule has 28 heavy (non-hydrogen) atoms. The Morgan fingerprint density at radius 1 is 0.964 bits per heavy atom. The van der Waals surface area contributed by atoms with E-state index in [1.807, 2.05) is 17.0 Å². The van der Waals surface area contributed by atoms with Crippen LogP contribution in [0.1, 0.15) is 64.7 Å². The summed E-state index contributed by atoms with van der Waals surface area (Å²) in [5.41, 5.74) is 2.03. The zero-order valence-corrected chi connectivity index (χ0v) is 17.3. The molecule has 2 fully saturated rings. The summed E-state index contributed by atoms with van der Waals surface area (Å²) < 4.78 is 0. The van der Waals surface area contributed by atoms with E-state index in [1.165, 1.54) is 32.1 Å². The molecule has 1 saturated carbocycles. The lowest BCUT2D eigenvalue weighted by Gasteiger charge is -2.36. The van der Waals surface area contributed by atoms with E-state index in [0.717, 1.165) is 56.8 Å². The van der Waals surface area contributed by atoms with Gasteiger partial charge >= 0.3 is 0 Å². The lowest BCUT2D eigenvalue weighted by molar-refractivity contribution is -0.131. The summed E-state index contributed by atoms with van der Waals surface area (Å²) in [7, 11) is 0. The van der Waals surface area contributed by atoms with Crippen LogP contribution in [-0.4, -0.2) is 42.9 Å². The van der Waals surface area contributed by atoms with Crippen molar-refractivity contribution >= 4 is 23.2 Å².